The van der Waals surface area contributed by atoms with E-state index in [1.54, 1.807) is 0 Å². The van der Waals surface area contributed by atoms with Gasteiger partial charge in [0, 0.05) is 12.4 Å². The molecule has 122 valence electrons. The van der Waals surface area contributed by atoms with Crippen LogP contribution in [0, 0.1) is 6.92 Å². The molecule has 6 nitrogen and oxygen atoms in total. The Bertz CT molecular complexity index is 665. The Kier molecular flexibility index (Phi) is 5.28. The number of hydrazine groups is 1. The smallest absolute Gasteiger partial charge is 0.268 e. The molecule has 0 saturated heterocycles. The molecule has 1 heterocycles. The first kappa shape index (κ1) is 16.9. The van der Waals surface area contributed by atoms with Crippen molar-refractivity contribution in [1.82, 2.24) is 15.4 Å². The van der Waals surface area contributed by atoms with Crippen molar-refractivity contribution in [3.8, 4) is 0 Å². The topological polar surface area (TPSA) is 92.9 Å². The average molecular weight is 313 g/mol. The maximum atomic E-state index is 11.4. The molecule has 1 aliphatic carbocycles. The van der Waals surface area contributed by atoms with Crippen molar-refractivity contribution in [2.75, 3.05) is 5.32 Å². The number of nitrogens with one attached hydrogen (secondary N) is 2. The van der Waals surface area contributed by atoms with E-state index in [0.717, 1.165) is 12.8 Å². The standard InChI is InChI=1S/C15H17N5O.C2H6/c1-10-4-2-3-5-12(10)15(6-7-15)19-14-17-8-11(9-18-14)13(21)20-16;1-2/h2-5,8-9H,6-7,16H2,1H3,(H,20,21)(H,17,18,19);1-2H3. The summed E-state index contributed by atoms with van der Waals surface area (Å²) in [5, 5.41) is 3.39. The minimum absolute atomic E-state index is 0.0804. The highest BCUT2D eigenvalue weighted by Gasteiger charge is 2.45. The maximum absolute atomic E-state index is 11.4. The van der Waals surface area contributed by atoms with Crippen LogP contribution in [0.5, 0.6) is 0 Å². The van der Waals surface area contributed by atoms with Crippen molar-refractivity contribution in [2.45, 2.75) is 39.2 Å². The molecule has 1 fully saturated rings. The predicted molar refractivity (Wildman–Crippen MR) is 90.7 cm³/mol. The number of carbonyl (C=O) groups is 1. The predicted octanol–water partition coefficient (Wildman–Crippen LogP) is 2.52. The van der Waals surface area contributed by atoms with Crippen LogP contribution in [0.15, 0.2) is 36.7 Å². The van der Waals surface area contributed by atoms with E-state index in [-0.39, 0.29) is 5.54 Å². The Hall–Kier alpha value is -2.47. The molecule has 0 bridgehead atoms. The molecule has 1 aliphatic rings. The maximum Gasteiger partial charge on any atom is 0.268 e. The fourth-order valence-corrected chi connectivity index (χ4v) is 2.50. The Morgan fingerprint density at radius 2 is 1.78 bits per heavy atom. The van der Waals surface area contributed by atoms with Gasteiger partial charge < -0.3 is 5.32 Å². The Balaban J connectivity index is 0.000000924. The van der Waals surface area contributed by atoms with Gasteiger partial charge in [0.05, 0.1) is 11.1 Å². The third-order valence-electron chi connectivity index (χ3n) is 3.81. The lowest BCUT2D eigenvalue weighted by Crippen LogP contribution is -2.30. The normalized spacial score (nSPS) is 14.3. The van der Waals surface area contributed by atoms with Crippen LogP contribution in [0.25, 0.3) is 0 Å². The number of aromatic nitrogens is 2. The Labute approximate surface area is 136 Å². The van der Waals surface area contributed by atoms with E-state index in [2.05, 4.69) is 39.8 Å². The van der Waals surface area contributed by atoms with E-state index < -0.39 is 5.91 Å². The number of rotatable bonds is 4. The number of nitrogen functional groups attached to an aromatic ring is 1. The van der Waals surface area contributed by atoms with E-state index in [9.17, 15) is 4.79 Å². The van der Waals surface area contributed by atoms with Crippen LogP contribution in [-0.2, 0) is 5.54 Å². The highest BCUT2D eigenvalue weighted by molar-refractivity contribution is 5.93. The molecule has 1 aromatic heterocycles. The van der Waals surface area contributed by atoms with Gasteiger partial charge in [0.15, 0.2) is 0 Å². The molecule has 2 aromatic rings. The van der Waals surface area contributed by atoms with E-state index in [1.165, 1.54) is 23.5 Å². The summed E-state index contributed by atoms with van der Waals surface area (Å²) in [6.07, 6.45) is 5.02. The van der Waals surface area contributed by atoms with Gasteiger partial charge in [-0.25, -0.2) is 15.8 Å². The third-order valence-corrected chi connectivity index (χ3v) is 3.81. The van der Waals surface area contributed by atoms with Crippen LogP contribution in [0.2, 0.25) is 0 Å². The molecule has 0 atom stereocenters. The SMILES string of the molecule is CC.Cc1ccccc1C1(Nc2ncc(C(=O)NN)cn2)CC1. The van der Waals surface area contributed by atoms with Crippen molar-refractivity contribution in [3.05, 3.63) is 53.3 Å². The number of nitrogens with zero attached hydrogens (tertiary/aromatic N) is 2. The molecule has 4 N–H and O–H groups in total. The van der Waals surface area contributed by atoms with E-state index in [0.29, 0.717) is 11.5 Å². The summed E-state index contributed by atoms with van der Waals surface area (Å²) in [4.78, 5) is 19.7. The number of benzene rings is 1. The van der Waals surface area contributed by atoms with Gasteiger partial charge >= 0.3 is 0 Å². The molecular formula is C17H23N5O. The monoisotopic (exact) mass is 313 g/mol. The molecule has 23 heavy (non-hydrogen) atoms. The first-order valence-corrected chi connectivity index (χ1v) is 7.82. The number of amides is 1. The molecule has 0 radical (unpaired) electrons. The first-order valence-electron chi connectivity index (χ1n) is 7.82. The lowest BCUT2D eigenvalue weighted by molar-refractivity contribution is 0.0953. The Morgan fingerprint density at radius 1 is 1.17 bits per heavy atom. The molecule has 1 amide bonds. The molecule has 1 aromatic carbocycles. The lowest BCUT2D eigenvalue weighted by atomic mass is 9.99. The number of hydrogen-bond acceptors (Lipinski definition) is 5. The zero-order valence-electron chi connectivity index (χ0n) is 13.8. The summed E-state index contributed by atoms with van der Waals surface area (Å²) in [6, 6.07) is 8.31. The zero-order valence-corrected chi connectivity index (χ0v) is 13.8. The second-order valence-electron chi connectivity index (χ2n) is 5.29. The summed E-state index contributed by atoms with van der Waals surface area (Å²) in [7, 11) is 0. The van der Waals surface area contributed by atoms with Crippen LogP contribution in [0.4, 0.5) is 5.95 Å². The second kappa shape index (κ2) is 7.19. The molecule has 0 unspecified atom stereocenters. The second-order valence-corrected chi connectivity index (χ2v) is 5.29. The van der Waals surface area contributed by atoms with Gasteiger partial charge in [0.2, 0.25) is 5.95 Å². The quantitative estimate of drug-likeness (QED) is 0.458. The number of hydrogen-bond donors (Lipinski definition) is 3. The van der Waals surface area contributed by atoms with Crippen LogP contribution >= 0.6 is 0 Å². The number of nitrogens with two attached hydrogens (primary N) is 1. The van der Waals surface area contributed by atoms with Crippen molar-refractivity contribution >= 4 is 11.9 Å². The van der Waals surface area contributed by atoms with Crippen LogP contribution in [-0.4, -0.2) is 15.9 Å². The number of carbonyl (C=O) groups excluding carboxylic acids is 1. The lowest BCUT2D eigenvalue weighted by Gasteiger charge is -2.20. The van der Waals surface area contributed by atoms with Crippen molar-refractivity contribution in [3.63, 3.8) is 0 Å². The summed E-state index contributed by atoms with van der Waals surface area (Å²) in [5.74, 6) is 5.19. The average Bonchev–Trinajstić information content (AvgIpc) is 3.37. The van der Waals surface area contributed by atoms with Gasteiger partial charge in [-0.15, -0.1) is 0 Å². The fourth-order valence-electron chi connectivity index (χ4n) is 2.50. The summed E-state index contributed by atoms with van der Waals surface area (Å²) < 4.78 is 0. The van der Waals surface area contributed by atoms with Crippen molar-refractivity contribution < 1.29 is 4.79 Å². The van der Waals surface area contributed by atoms with Gasteiger partial charge in [-0.05, 0) is 30.9 Å². The van der Waals surface area contributed by atoms with Gasteiger partial charge in [0.25, 0.3) is 5.91 Å². The van der Waals surface area contributed by atoms with Gasteiger partial charge in [0.1, 0.15) is 0 Å². The molecule has 0 spiro atoms. The van der Waals surface area contributed by atoms with Gasteiger partial charge in [-0.3, -0.25) is 10.2 Å². The number of aryl methyl sites for hydroxylation is 1. The largest absolute Gasteiger partial charge is 0.345 e. The fraction of sp³-hybridized carbons (Fsp3) is 0.353. The summed E-state index contributed by atoms with van der Waals surface area (Å²) >= 11 is 0. The van der Waals surface area contributed by atoms with Crippen LogP contribution in [0.3, 0.4) is 0 Å². The minimum Gasteiger partial charge on any atom is -0.345 e. The zero-order chi connectivity index (χ0) is 16.9. The van der Waals surface area contributed by atoms with Gasteiger partial charge in [-0.1, -0.05) is 38.1 Å². The van der Waals surface area contributed by atoms with Crippen molar-refractivity contribution in [1.29, 1.82) is 0 Å². The van der Waals surface area contributed by atoms with E-state index in [4.69, 9.17) is 5.84 Å². The summed E-state index contributed by atoms with van der Waals surface area (Å²) in [5.41, 5.74) is 4.84. The first-order chi connectivity index (χ1) is 11.1. The van der Waals surface area contributed by atoms with Gasteiger partial charge in [-0.2, -0.15) is 0 Å². The molecule has 6 heteroatoms. The molecule has 0 aliphatic heterocycles. The van der Waals surface area contributed by atoms with Crippen molar-refractivity contribution in [2.24, 2.45) is 5.84 Å². The van der Waals surface area contributed by atoms with Crippen LogP contribution < -0.4 is 16.6 Å². The minimum atomic E-state index is -0.401. The summed E-state index contributed by atoms with van der Waals surface area (Å²) in [6.45, 7) is 6.10. The third kappa shape index (κ3) is 3.65. The molecule has 1 saturated carbocycles. The van der Waals surface area contributed by atoms with E-state index in [1.807, 2.05) is 26.0 Å². The highest BCUT2D eigenvalue weighted by Crippen LogP contribution is 2.48. The number of anilines is 1. The highest BCUT2D eigenvalue weighted by atomic mass is 16.2. The Morgan fingerprint density at radius 3 is 2.30 bits per heavy atom. The molecule has 3 rings (SSSR count). The van der Waals surface area contributed by atoms with Crippen LogP contribution in [0.1, 0.15) is 48.2 Å². The molecular weight excluding hydrogens is 290 g/mol. The van der Waals surface area contributed by atoms with E-state index >= 15 is 0 Å².